The molecule has 0 fully saturated rings. The van der Waals surface area contributed by atoms with Gasteiger partial charge in [0.25, 0.3) is 5.91 Å². The number of anilines is 1. The van der Waals surface area contributed by atoms with Gasteiger partial charge in [0.2, 0.25) is 5.82 Å². The molecule has 1 heterocycles. The molecule has 0 saturated heterocycles. The average molecular weight is 423 g/mol. The van der Waals surface area contributed by atoms with Crippen LogP contribution in [0.25, 0.3) is 17.1 Å². The van der Waals surface area contributed by atoms with E-state index in [2.05, 4.69) is 15.4 Å². The van der Waals surface area contributed by atoms with Crippen LogP contribution < -0.4 is 5.32 Å². The highest BCUT2D eigenvalue weighted by Gasteiger charge is 2.19. The van der Waals surface area contributed by atoms with Gasteiger partial charge in [0.1, 0.15) is 0 Å². The molecule has 0 aliphatic heterocycles. The van der Waals surface area contributed by atoms with Crippen LogP contribution >= 0.6 is 23.2 Å². The van der Waals surface area contributed by atoms with Crippen molar-refractivity contribution in [3.63, 3.8) is 0 Å². The van der Waals surface area contributed by atoms with E-state index in [1.165, 1.54) is 0 Å². The molecule has 0 atom stereocenters. The molecule has 0 saturated carbocycles. The lowest BCUT2D eigenvalue weighted by atomic mass is 10.2. The van der Waals surface area contributed by atoms with Crippen LogP contribution in [-0.4, -0.2) is 20.7 Å². The Kier molecular flexibility index (Phi) is 5.34. The third-order valence-corrected chi connectivity index (χ3v) is 5.00. The first kappa shape index (κ1) is 19.2. The van der Waals surface area contributed by atoms with Crippen molar-refractivity contribution >= 4 is 34.8 Å². The van der Waals surface area contributed by atoms with Crippen LogP contribution in [0, 0.1) is 6.92 Å². The molecule has 144 valence electrons. The highest BCUT2D eigenvalue weighted by atomic mass is 35.5. The number of hydrogen-bond donors (Lipinski definition) is 1. The molecular weight excluding hydrogens is 407 g/mol. The van der Waals surface area contributed by atoms with E-state index in [1.807, 2.05) is 61.5 Å². The number of aryl methyl sites for hydroxylation is 1. The maximum Gasteiger partial charge on any atom is 0.295 e. The number of aromatic nitrogens is 3. The van der Waals surface area contributed by atoms with E-state index in [4.69, 9.17) is 23.2 Å². The molecule has 0 spiro atoms. The first-order chi connectivity index (χ1) is 14.0. The van der Waals surface area contributed by atoms with Crippen molar-refractivity contribution < 1.29 is 4.79 Å². The summed E-state index contributed by atoms with van der Waals surface area (Å²) in [6, 6.07) is 22.3. The number of hydrogen-bond acceptors (Lipinski definition) is 3. The first-order valence-corrected chi connectivity index (χ1v) is 9.63. The van der Waals surface area contributed by atoms with Crippen molar-refractivity contribution in [3.05, 3.63) is 94.2 Å². The van der Waals surface area contributed by atoms with Gasteiger partial charge >= 0.3 is 0 Å². The summed E-state index contributed by atoms with van der Waals surface area (Å²) in [5.41, 5.74) is 3.27. The Morgan fingerprint density at radius 2 is 1.72 bits per heavy atom. The molecule has 0 aliphatic carbocycles. The Balaban J connectivity index is 1.74. The standard InChI is InChI=1S/C22H16Cl2N4O/c1-14-6-5-9-17(12-14)28-21(15-7-3-2-4-8-15)26-20(27-28)22(29)25-16-10-11-18(23)19(24)13-16/h2-13H,1H3,(H,25,29). The van der Waals surface area contributed by atoms with Crippen LogP contribution in [0.4, 0.5) is 5.69 Å². The summed E-state index contributed by atoms with van der Waals surface area (Å²) in [6.07, 6.45) is 0. The number of carbonyl (C=O) groups excluding carboxylic acids is 1. The lowest BCUT2D eigenvalue weighted by Crippen LogP contribution is -2.14. The molecule has 1 amide bonds. The molecule has 29 heavy (non-hydrogen) atoms. The van der Waals surface area contributed by atoms with Crippen molar-refractivity contribution in [1.82, 2.24) is 14.8 Å². The van der Waals surface area contributed by atoms with Gasteiger partial charge in [-0.15, -0.1) is 5.10 Å². The molecule has 3 aromatic carbocycles. The quantitative estimate of drug-likeness (QED) is 0.451. The van der Waals surface area contributed by atoms with Crippen LogP contribution in [0.3, 0.4) is 0 Å². The molecule has 7 heteroatoms. The molecule has 4 rings (SSSR count). The Morgan fingerprint density at radius 1 is 0.931 bits per heavy atom. The van der Waals surface area contributed by atoms with Gasteiger partial charge in [-0.2, -0.15) is 0 Å². The minimum atomic E-state index is -0.438. The Morgan fingerprint density at radius 3 is 2.45 bits per heavy atom. The van der Waals surface area contributed by atoms with Crippen LogP contribution in [0.5, 0.6) is 0 Å². The Hall–Kier alpha value is -3.15. The van der Waals surface area contributed by atoms with E-state index in [9.17, 15) is 4.79 Å². The third kappa shape index (κ3) is 4.16. The fourth-order valence-electron chi connectivity index (χ4n) is 2.88. The van der Waals surface area contributed by atoms with Gasteiger partial charge in [0, 0.05) is 11.3 Å². The Labute approximate surface area is 177 Å². The predicted molar refractivity (Wildman–Crippen MR) is 116 cm³/mol. The second kappa shape index (κ2) is 8.07. The Bertz CT molecular complexity index is 1190. The summed E-state index contributed by atoms with van der Waals surface area (Å²) in [6.45, 7) is 2.00. The number of carbonyl (C=O) groups is 1. The smallest absolute Gasteiger partial charge is 0.295 e. The number of nitrogens with zero attached hydrogens (tertiary/aromatic N) is 3. The van der Waals surface area contributed by atoms with Gasteiger partial charge in [0.15, 0.2) is 5.82 Å². The molecule has 1 N–H and O–H groups in total. The number of amides is 1. The largest absolute Gasteiger partial charge is 0.319 e. The first-order valence-electron chi connectivity index (χ1n) is 8.87. The summed E-state index contributed by atoms with van der Waals surface area (Å²) >= 11 is 12.0. The fraction of sp³-hybridized carbons (Fsp3) is 0.0455. The van der Waals surface area contributed by atoms with Crippen LogP contribution in [0.1, 0.15) is 16.2 Å². The summed E-state index contributed by atoms with van der Waals surface area (Å²) in [5, 5.41) is 8.00. The maximum absolute atomic E-state index is 12.8. The van der Waals surface area contributed by atoms with Gasteiger partial charge in [-0.3, -0.25) is 4.79 Å². The third-order valence-electron chi connectivity index (χ3n) is 4.27. The molecule has 0 radical (unpaired) electrons. The average Bonchev–Trinajstić information content (AvgIpc) is 3.17. The predicted octanol–water partition coefficient (Wildman–Crippen LogP) is 5.80. The van der Waals surface area contributed by atoms with Crippen molar-refractivity contribution in [3.8, 4) is 17.1 Å². The summed E-state index contributed by atoms with van der Waals surface area (Å²) in [7, 11) is 0. The van der Waals surface area contributed by atoms with Gasteiger partial charge in [-0.1, -0.05) is 65.7 Å². The fourth-order valence-corrected chi connectivity index (χ4v) is 3.18. The SMILES string of the molecule is Cc1cccc(-n2nc(C(=O)Nc3ccc(Cl)c(Cl)c3)nc2-c2ccccc2)c1. The van der Waals surface area contributed by atoms with Crippen molar-refractivity contribution in [1.29, 1.82) is 0 Å². The zero-order valence-electron chi connectivity index (χ0n) is 15.4. The molecule has 4 aromatic rings. The van der Waals surface area contributed by atoms with Gasteiger partial charge < -0.3 is 5.32 Å². The van der Waals surface area contributed by atoms with Crippen molar-refractivity contribution in [2.45, 2.75) is 6.92 Å². The lowest BCUT2D eigenvalue weighted by molar-refractivity contribution is 0.101. The molecule has 0 aliphatic rings. The summed E-state index contributed by atoms with van der Waals surface area (Å²) in [5.74, 6) is 0.193. The molecule has 1 aromatic heterocycles. The van der Waals surface area contributed by atoms with E-state index in [0.29, 0.717) is 21.6 Å². The zero-order valence-corrected chi connectivity index (χ0v) is 16.9. The van der Waals surface area contributed by atoms with Crippen molar-refractivity contribution in [2.75, 3.05) is 5.32 Å². The molecule has 0 unspecified atom stereocenters. The number of benzene rings is 3. The topological polar surface area (TPSA) is 59.8 Å². The van der Waals surface area contributed by atoms with Crippen LogP contribution in [-0.2, 0) is 0 Å². The minimum Gasteiger partial charge on any atom is -0.319 e. The minimum absolute atomic E-state index is 0.0523. The van der Waals surface area contributed by atoms with E-state index in [-0.39, 0.29) is 5.82 Å². The number of halogens is 2. The summed E-state index contributed by atoms with van der Waals surface area (Å²) < 4.78 is 1.67. The van der Waals surface area contributed by atoms with Crippen LogP contribution in [0.2, 0.25) is 10.0 Å². The van der Waals surface area contributed by atoms with Gasteiger partial charge in [0.05, 0.1) is 15.7 Å². The normalized spacial score (nSPS) is 10.7. The second-order valence-corrected chi connectivity index (χ2v) is 7.27. The molecule has 0 bridgehead atoms. The highest BCUT2D eigenvalue weighted by Crippen LogP contribution is 2.26. The van der Waals surface area contributed by atoms with E-state index in [1.54, 1.807) is 22.9 Å². The monoisotopic (exact) mass is 422 g/mol. The maximum atomic E-state index is 12.8. The van der Waals surface area contributed by atoms with E-state index >= 15 is 0 Å². The van der Waals surface area contributed by atoms with E-state index in [0.717, 1.165) is 16.8 Å². The highest BCUT2D eigenvalue weighted by molar-refractivity contribution is 6.42. The second-order valence-electron chi connectivity index (χ2n) is 6.46. The van der Waals surface area contributed by atoms with Crippen molar-refractivity contribution in [2.24, 2.45) is 0 Å². The molecular formula is C22H16Cl2N4O. The van der Waals surface area contributed by atoms with Crippen LogP contribution in [0.15, 0.2) is 72.8 Å². The van der Waals surface area contributed by atoms with Gasteiger partial charge in [-0.05, 0) is 42.8 Å². The van der Waals surface area contributed by atoms with Gasteiger partial charge in [-0.25, -0.2) is 9.67 Å². The van der Waals surface area contributed by atoms with E-state index < -0.39 is 5.91 Å². The lowest BCUT2D eigenvalue weighted by Gasteiger charge is -2.06. The number of nitrogens with one attached hydrogen (secondary N) is 1. The summed E-state index contributed by atoms with van der Waals surface area (Å²) in [4.78, 5) is 17.3. The zero-order chi connectivity index (χ0) is 20.4. The molecule has 5 nitrogen and oxygen atoms in total. The number of rotatable bonds is 4.